The number of hydrogen-bond donors (Lipinski definition) is 0. The van der Waals surface area contributed by atoms with Crippen molar-refractivity contribution in [3.05, 3.63) is 52.2 Å². The monoisotopic (exact) mass is 435 g/mol. The molecule has 148 valence electrons. The van der Waals surface area contributed by atoms with Crippen molar-refractivity contribution in [2.24, 2.45) is 0 Å². The highest BCUT2D eigenvalue weighted by Gasteiger charge is 2.28. The fourth-order valence-electron chi connectivity index (χ4n) is 3.14. The van der Waals surface area contributed by atoms with E-state index in [9.17, 15) is 8.42 Å². The number of hydrogen-bond acceptors (Lipinski definition) is 7. The zero-order chi connectivity index (χ0) is 19.6. The molecule has 3 heterocycles. The van der Waals surface area contributed by atoms with Gasteiger partial charge < -0.3 is 4.74 Å². The first-order chi connectivity index (χ1) is 13.6. The van der Waals surface area contributed by atoms with Crippen molar-refractivity contribution in [1.82, 2.24) is 14.2 Å². The van der Waals surface area contributed by atoms with Crippen LogP contribution in [0.15, 0.2) is 52.1 Å². The van der Waals surface area contributed by atoms with E-state index in [-0.39, 0.29) is 0 Å². The van der Waals surface area contributed by atoms with Gasteiger partial charge in [-0.05, 0) is 35.7 Å². The molecule has 0 amide bonds. The quantitative estimate of drug-likeness (QED) is 0.594. The maximum absolute atomic E-state index is 12.8. The maximum Gasteiger partial charge on any atom is 0.243 e. The van der Waals surface area contributed by atoms with Crippen LogP contribution in [0.2, 0.25) is 0 Å². The van der Waals surface area contributed by atoms with Crippen LogP contribution in [0, 0.1) is 0 Å². The Labute approximate surface area is 173 Å². The SMILES string of the molecule is COc1ccc(S(=O)(=O)N2CCN(Cc3nc(-c4cccs4)cs3)CC2)cc1. The van der Waals surface area contributed by atoms with E-state index < -0.39 is 10.0 Å². The molecule has 0 atom stereocenters. The van der Waals surface area contributed by atoms with Crippen LogP contribution in [-0.4, -0.2) is 55.9 Å². The summed E-state index contributed by atoms with van der Waals surface area (Å²) in [6, 6.07) is 10.7. The molecule has 0 spiro atoms. The number of piperazine rings is 1. The van der Waals surface area contributed by atoms with Gasteiger partial charge in [0.15, 0.2) is 0 Å². The summed E-state index contributed by atoms with van der Waals surface area (Å²) in [5.74, 6) is 0.647. The number of rotatable bonds is 6. The van der Waals surface area contributed by atoms with Crippen molar-refractivity contribution < 1.29 is 13.2 Å². The second-order valence-electron chi connectivity index (χ2n) is 6.46. The van der Waals surface area contributed by atoms with Gasteiger partial charge in [-0.25, -0.2) is 13.4 Å². The number of nitrogens with zero attached hydrogens (tertiary/aromatic N) is 3. The first-order valence-corrected chi connectivity index (χ1v) is 12.1. The summed E-state index contributed by atoms with van der Waals surface area (Å²) in [6.45, 7) is 3.12. The van der Waals surface area contributed by atoms with Gasteiger partial charge in [0.1, 0.15) is 10.8 Å². The van der Waals surface area contributed by atoms with Crippen molar-refractivity contribution in [2.45, 2.75) is 11.4 Å². The number of thiazole rings is 1. The minimum Gasteiger partial charge on any atom is -0.497 e. The molecule has 3 aromatic rings. The van der Waals surface area contributed by atoms with Gasteiger partial charge in [0.05, 0.1) is 29.1 Å². The number of aromatic nitrogens is 1. The third-order valence-electron chi connectivity index (χ3n) is 4.71. The molecule has 0 N–H and O–H groups in total. The lowest BCUT2D eigenvalue weighted by atomic mass is 10.3. The lowest BCUT2D eigenvalue weighted by molar-refractivity contribution is 0.181. The average Bonchev–Trinajstić information content (AvgIpc) is 3.40. The van der Waals surface area contributed by atoms with Crippen LogP contribution in [0.1, 0.15) is 5.01 Å². The fourth-order valence-corrected chi connectivity index (χ4v) is 6.16. The number of sulfonamides is 1. The Balaban J connectivity index is 1.36. The predicted octanol–water partition coefficient (Wildman–Crippen LogP) is 3.39. The Morgan fingerprint density at radius 1 is 1.07 bits per heavy atom. The Hall–Kier alpha value is -1.78. The fraction of sp³-hybridized carbons (Fsp3) is 0.316. The number of methoxy groups -OCH3 is 1. The lowest BCUT2D eigenvalue weighted by Gasteiger charge is -2.33. The second kappa shape index (κ2) is 8.30. The molecule has 0 aliphatic carbocycles. The molecule has 1 aliphatic heterocycles. The van der Waals surface area contributed by atoms with Crippen molar-refractivity contribution in [3.63, 3.8) is 0 Å². The van der Waals surface area contributed by atoms with Gasteiger partial charge in [-0.1, -0.05) is 6.07 Å². The molecule has 0 saturated carbocycles. The molecule has 4 rings (SSSR count). The molecule has 2 aromatic heterocycles. The third kappa shape index (κ3) is 4.13. The van der Waals surface area contributed by atoms with E-state index >= 15 is 0 Å². The summed E-state index contributed by atoms with van der Waals surface area (Å²) < 4.78 is 32.4. The van der Waals surface area contributed by atoms with Crippen LogP contribution < -0.4 is 4.74 Å². The van der Waals surface area contributed by atoms with E-state index in [1.165, 1.54) is 4.88 Å². The van der Waals surface area contributed by atoms with E-state index in [0.717, 1.165) is 17.2 Å². The first kappa shape index (κ1) is 19.5. The Morgan fingerprint density at radius 3 is 2.46 bits per heavy atom. The molecule has 9 heteroatoms. The van der Waals surface area contributed by atoms with Gasteiger partial charge in [0.25, 0.3) is 0 Å². The lowest BCUT2D eigenvalue weighted by Crippen LogP contribution is -2.48. The van der Waals surface area contributed by atoms with Crippen LogP contribution in [0.4, 0.5) is 0 Å². The molecule has 1 saturated heterocycles. The van der Waals surface area contributed by atoms with Crippen LogP contribution >= 0.6 is 22.7 Å². The number of ether oxygens (including phenoxy) is 1. The van der Waals surface area contributed by atoms with E-state index in [2.05, 4.69) is 21.7 Å². The van der Waals surface area contributed by atoms with Gasteiger partial charge in [-0.2, -0.15) is 4.31 Å². The van der Waals surface area contributed by atoms with E-state index in [0.29, 0.717) is 36.8 Å². The van der Waals surface area contributed by atoms with E-state index in [1.807, 2.05) is 6.07 Å². The van der Waals surface area contributed by atoms with Crippen LogP contribution in [-0.2, 0) is 16.6 Å². The topological polar surface area (TPSA) is 62.7 Å². The van der Waals surface area contributed by atoms with Crippen molar-refractivity contribution in [3.8, 4) is 16.3 Å². The molecular formula is C19H21N3O3S3. The zero-order valence-corrected chi connectivity index (χ0v) is 17.9. The summed E-state index contributed by atoms with van der Waals surface area (Å²) in [6.07, 6.45) is 0. The first-order valence-electron chi connectivity index (χ1n) is 8.91. The van der Waals surface area contributed by atoms with Gasteiger partial charge in [0, 0.05) is 31.6 Å². The molecule has 1 aliphatic rings. The smallest absolute Gasteiger partial charge is 0.243 e. The highest BCUT2D eigenvalue weighted by Crippen LogP contribution is 2.27. The van der Waals surface area contributed by atoms with Crippen LogP contribution in [0.5, 0.6) is 5.75 Å². The largest absolute Gasteiger partial charge is 0.497 e. The van der Waals surface area contributed by atoms with Crippen molar-refractivity contribution >= 4 is 32.7 Å². The standard InChI is InChI=1S/C19H21N3O3S3/c1-25-15-4-6-16(7-5-15)28(23,24)22-10-8-21(9-11-22)13-19-20-17(14-27-19)18-3-2-12-26-18/h2-7,12,14H,8-11,13H2,1H3. The number of thiophene rings is 1. The van der Waals surface area contributed by atoms with Crippen LogP contribution in [0.25, 0.3) is 10.6 Å². The molecule has 6 nitrogen and oxygen atoms in total. The third-order valence-corrected chi connectivity index (χ3v) is 8.35. The van der Waals surface area contributed by atoms with Crippen LogP contribution in [0.3, 0.4) is 0 Å². The minimum atomic E-state index is -3.47. The summed E-state index contributed by atoms with van der Waals surface area (Å²) in [4.78, 5) is 8.47. The Morgan fingerprint density at radius 2 is 1.82 bits per heavy atom. The summed E-state index contributed by atoms with van der Waals surface area (Å²) in [5, 5.41) is 5.21. The summed E-state index contributed by atoms with van der Waals surface area (Å²) in [5.41, 5.74) is 1.02. The van der Waals surface area contributed by atoms with Gasteiger partial charge >= 0.3 is 0 Å². The molecule has 0 unspecified atom stereocenters. The predicted molar refractivity (Wildman–Crippen MR) is 112 cm³/mol. The van der Waals surface area contributed by atoms with E-state index in [1.54, 1.807) is 58.4 Å². The van der Waals surface area contributed by atoms with Gasteiger partial charge in [-0.15, -0.1) is 22.7 Å². The Bertz CT molecular complexity index is 1010. The molecule has 1 fully saturated rings. The zero-order valence-electron chi connectivity index (χ0n) is 15.4. The van der Waals surface area contributed by atoms with Crippen molar-refractivity contribution in [1.29, 1.82) is 0 Å². The molecule has 0 bridgehead atoms. The Kier molecular flexibility index (Phi) is 5.79. The molecular weight excluding hydrogens is 414 g/mol. The molecule has 1 aromatic carbocycles. The average molecular weight is 436 g/mol. The summed E-state index contributed by atoms with van der Waals surface area (Å²) >= 11 is 3.35. The highest BCUT2D eigenvalue weighted by atomic mass is 32.2. The molecule has 0 radical (unpaired) electrons. The molecule has 28 heavy (non-hydrogen) atoms. The second-order valence-corrected chi connectivity index (χ2v) is 10.3. The maximum atomic E-state index is 12.8. The number of benzene rings is 1. The van der Waals surface area contributed by atoms with Gasteiger partial charge in [-0.3, -0.25) is 4.90 Å². The summed E-state index contributed by atoms with van der Waals surface area (Å²) in [7, 11) is -1.91. The van der Waals surface area contributed by atoms with Crippen molar-refractivity contribution in [2.75, 3.05) is 33.3 Å². The van der Waals surface area contributed by atoms with Gasteiger partial charge in [0.2, 0.25) is 10.0 Å². The highest BCUT2D eigenvalue weighted by molar-refractivity contribution is 7.89. The minimum absolute atomic E-state index is 0.308. The normalized spacial score (nSPS) is 16.3. The van der Waals surface area contributed by atoms with E-state index in [4.69, 9.17) is 9.72 Å².